The van der Waals surface area contributed by atoms with Crippen molar-refractivity contribution in [2.75, 3.05) is 13.1 Å². The summed E-state index contributed by atoms with van der Waals surface area (Å²) in [6, 6.07) is 10.6. The van der Waals surface area contributed by atoms with E-state index in [-0.39, 0.29) is 5.91 Å². The number of nitrogens with zero attached hydrogens (tertiary/aromatic N) is 1. The molecule has 25 heavy (non-hydrogen) atoms. The molecule has 3 rings (SSSR count). The van der Waals surface area contributed by atoms with Crippen molar-refractivity contribution >= 4 is 5.91 Å². The van der Waals surface area contributed by atoms with Crippen LogP contribution in [0.25, 0.3) is 0 Å². The van der Waals surface area contributed by atoms with Gasteiger partial charge >= 0.3 is 0 Å². The summed E-state index contributed by atoms with van der Waals surface area (Å²) in [7, 11) is 0. The highest BCUT2D eigenvalue weighted by Crippen LogP contribution is 2.21. The molecule has 0 aromatic heterocycles. The summed E-state index contributed by atoms with van der Waals surface area (Å²) in [6.45, 7) is 7.24. The lowest BCUT2D eigenvalue weighted by Gasteiger charge is -2.37. The van der Waals surface area contributed by atoms with E-state index in [9.17, 15) is 4.79 Å². The second-order valence-corrected chi connectivity index (χ2v) is 7.96. The number of rotatable bonds is 5. The minimum atomic E-state index is 0.109. The molecule has 0 unspecified atom stereocenters. The second-order valence-electron chi connectivity index (χ2n) is 7.96. The Morgan fingerprint density at radius 2 is 1.68 bits per heavy atom. The number of carbonyl (C=O) groups is 1. The molecule has 0 spiro atoms. The molecule has 1 aliphatic carbocycles. The van der Waals surface area contributed by atoms with Crippen LogP contribution in [0.4, 0.5) is 0 Å². The average molecular weight is 344 g/mol. The first-order valence-corrected chi connectivity index (χ1v) is 9.89. The van der Waals surface area contributed by atoms with Gasteiger partial charge in [-0.15, -0.1) is 0 Å². The van der Waals surface area contributed by atoms with Crippen molar-refractivity contribution in [2.45, 2.75) is 77.0 Å². The van der Waals surface area contributed by atoms with Crippen molar-refractivity contribution < 1.29 is 4.79 Å². The normalized spacial score (nSPS) is 25.7. The van der Waals surface area contributed by atoms with Crippen LogP contribution in [0.5, 0.6) is 0 Å². The molecule has 0 bridgehead atoms. The van der Waals surface area contributed by atoms with Crippen LogP contribution < -0.4 is 10.6 Å². The van der Waals surface area contributed by atoms with E-state index in [2.05, 4.69) is 46.7 Å². The molecule has 1 aromatic rings. The first-order valence-electron chi connectivity index (χ1n) is 9.89. The van der Waals surface area contributed by atoms with Crippen molar-refractivity contribution in [2.24, 2.45) is 0 Å². The molecule has 1 aromatic carbocycles. The molecule has 138 valence electrons. The van der Waals surface area contributed by atoms with Gasteiger partial charge in [0.15, 0.2) is 0 Å². The summed E-state index contributed by atoms with van der Waals surface area (Å²) in [5, 5.41) is 6.95. The average Bonchev–Trinajstić information content (AvgIpc) is 2.58. The Hall–Kier alpha value is -1.39. The van der Waals surface area contributed by atoms with Gasteiger partial charge in [-0.2, -0.15) is 0 Å². The summed E-state index contributed by atoms with van der Waals surface area (Å²) in [6.07, 6.45) is 7.10. The molecular weight excluding hydrogens is 310 g/mol. The van der Waals surface area contributed by atoms with E-state index in [1.807, 2.05) is 0 Å². The molecule has 0 atom stereocenters. The SMILES string of the molecule is CC(=O)NC1CCC(NC2CCN(Cc3cccc(C)c3)CC2)CC1. The molecule has 0 radical (unpaired) electrons. The molecule has 1 saturated carbocycles. The number of benzene rings is 1. The Morgan fingerprint density at radius 1 is 1.04 bits per heavy atom. The van der Waals surface area contributed by atoms with Gasteiger partial charge in [0.25, 0.3) is 0 Å². The second kappa shape index (κ2) is 8.81. The van der Waals surface area contributed by atoms with Crippen LogP contribution in [0.1, 0.15) is 56.6 Å². The monoisotopic (exact) mass is 343 g/mol. The molecule has 4 nitrogen and oxygen atoms in total. The topological polar surface area (TPSA) is 44.4 Å². The third kappa shape index (κ3) is 5.82. The quantitative estimate of drug-likeness (QED) is 0.864. The first kappa shape index (κ1) is 18.4. The molecule has 1 heterocycles. The lowest BCUT2D eigenvalue weighted by Crippen LogP contribution is -2.48. The van der Waals surface area contributed by atoms with Gasteiger partial charge in [-0.1, -0.05) is 29.8 Å². The highest BCUT2D eigenvalue weighted by molar-refractivity contribution is 5.73. The summed E-state index contributed by atoms with van der Waals surface area (Å²) in [4.78, 5) is 13.7. The van der Waals surface area contributed by atoms with Crippen LogP contribution in [-0.2, 0) is 11.3 Å². The number of nitrogens with one attached hydrogen (secondary N) is 2. The van der Waals surface area contributed by atoms with Gasteiger partial charge < -0.3 is 10.6 Å². The van der Waals surface area contributed by atoms with E-state index in [1.54, 1.807) is 6.92 Å². The third-order valence-corrected chi connectivity index (χ3v) is 5.68. The van der Waals surface area contributed by atoms with Gasteiger partial charge in [-0.05, 0) is 64.1 Å². The van der Waals surface area contributed by atoms with Crippen molar-refractivity contribution in [1.82, 2.24) is 15.5 Å². The Bertz CT molecular complexity index is 558. The van der Waals surface area contributed by atoms with Crippen LogP contribution in [0.15, 0.2) is 24.3 Å². The van der Waals surface area contributed by atoms with Crippen molar-refractivity contribution in [3.8, 4) is 0 Å². The third-order valence-electron chi connectivity index (χ3n) is 5.68. The van der Waals surface area contributed by atoms with E-state index in [0.717, 1.165) is 19.4 Å². The molecule has 2 N–H and O–H groups in total. The molecule has 2 aliphatic rings. The Labute approximate surface area is 152 Å². The standard InChI is InChI=1S/C21H33N3O/c1-16-4-3-5-18(14-16)15-24-12-10-21(11-13-24)23-20-8-6-19(7-9-20)22-17(2)25/h3-5,14,19-21,23H,6-13,15H2,1-2H3,(H,22,25). The molecule has 1 saturated heterocycles. The van der Waals surface area contributed by atoms with Gasteiger partial charge in [0.05, 0.1) is 0 Å². The molecule has 1 amide bonds. The number of amides is 1. The van der Waals surface area contributed by atoms with Gasteiger partial charge in [0, 0.05) is 31.6 Å². The number of piperidine rings is 1. The van der Waals surface area contributed by atoms with Crippen LogP contribution >= 0.6 is 0 Å². The molecule has 1 aliphatic heterocycles. The zero-order chi connectivity index (χ0) is 17.6. The first-order chi connectivity index (χ1) is 12.1. The minimum absolute atomic E-state index is 0.109. The van der Waals surface area contributed by atoms with E-state index in [1.165, 1.54) is 49.9 Å². The van der Waals surface area contributed by atoms with Gasteiger partial charge in [-0.3, -0.25) is 9.69 Å². The number of likely N-dealkylation sites (tertiary alicyclic amines) is 1. The lowest BCUT2D eigenvalue weighted by molar-refractivity contribution is -0.119. The number of hydrogen-bond donors (Lipinski definition) is 2. The number of hydrogen-bond acceptors (Lipinski definition) is 3. The molecule has 4 heteroatoms. The molecular formula is C21H33N3O. The number of aryl methyl sites for hydroxylation is 1. The Kier molecular flexibility index (Phi) is 6.49. The summed E-state index contributed by atoms with van der Waals surface area (Å²) in [5.74, 6) is 0.109. The minimum Gasteiger partial charge on any atom is -0.354 e. The van der Waals surface area contributed by atoms with E-state index >= 15 is 0 Å². The van der Waals surface area contributed by atoms with Gasteiger partial charge in [-0.25, -0.2) is 0 Å². The zero-order valence-electron chi connectivity index (χ0n) is 15.8. The van der Waals surface area contributed by atoms with E-state index in [4.69, 9.17) is 0 Å². The van der Waals surface area contributed by atoms with Gasteiger partial charge in [0.2, 0.25) is 5.91 Å². The maximum atomic E-state index is 11.2. The van der Waals surface area contributed by atoms with Crippen molar-refractivity contribution in [3.05, 3.63) is 35.4 Å². The highest BCUT2D eigenvalue weighted by atomic mass is 16.1. The van der Waals surface area contributed by atoms with Crippen molar-refractivity contribution in [3.63, 3.8) is 0 Å². The van der Waals surface area contributed by atoms with Gasteiger partial charge in [0.1, 0.15) is 0 Å². The summed E-state index contributed by atoms with van der Waals surface area (Å²) < 4.78 is 0. The van der Waals surface area contributed by atoms with Crippen LogP contribution in [0.3, 0.4) is 0 Å². The Morgan fingerprint density at radius 3 is 2.32 bits per heavy atom. The van der Waals surface area contributed by atoms with Crippen LogP contribution in [0.2, 0.25) is 0 Å². The fraction of sp³-hybridized carbons (Fsp3) is 0.667. The van der Waals surface area contributed by atoms with E-state index < -0.39 is 0 Å². The summed E-state index contributed by atoms with van der Waals surface area (Å²) in [5.41, 5.74) is 2.78. The summed E-state index contributed by atoms with van der Waals surface area (Å²) >= 11 is 0. The number of carbonyl (C=O) groups excluding carboxylic acids is 1. The van der Waals surface area contributed by atoms with Crippen molar-refractivity contribution in [1.29, 1.82) is 0 Å². The fourth-order valence-electron chi connectivity index (χ4n) is 4.35. The smallest absolute Gasteiger partial charge is 0.217 e. The predicted molar refractivity (Wildman–Crippen MR) is 102 cm³/mol. The maximum absolute atomic E-state index is 11.2. The van der Waals surface area contributed by atoms with E-state index in [0.29, 0.717) is 18.1 Å². The zero-order valence-corrected chi connectivity index (χ0v) is 15.8. The highest BCUT2D eigenvalue weighted by Gasteiger charge is 2.25. The van der Waals surface area contributed by atoms with Crippen LogP contribution in [0, 0.1) is 6.92 Å². The fourth-order valence-corrected chi connectivity index (χ4v) is 4.35. The lowest BCUT2D eigenvalue weighted by atomic mass is 9.90. The predicted octanol–water partition coefficient (Wildman–Crippen LogP) is 3.00. The van der Waals surface area contributed by atoms with Crippen LogP contribution in [-0.4, -0.2) is 42.0 Å². The molecule has 2 fully saturated rings. The Balaban J connectivity index is 1.36. The largest absolute Gasteiger partial charge is 0.354 e. The maximum Gasteiger partial charge on any atom is 0.217 e.